The van der Waals surface area contributed by atoms with Crippen molar-refractivity contribution in [1.29, 1.82) is 0 Å². The molecule has 176 valence electrons. The van der Waals surface area contributed by atoms with E-state index in [4.69, 9.17) is 15.2 Å². The molecule has 8 nitrogen and oxygen atoms in total. The summed E-state index contributed by atoms with van der Waals surface area (Å²) in [4.78, 5) is 21.2. The standard InChI is InChI=1S/C25H26FN5O3/c1-12-17(10-29-24-15-2-3-19(15)30-23(12)24)16-8-13-9-20(28-11-18(13)22(27)21(16)26)31-25(32)34-14-4-6-33-7-5-14/h8-11,14-15,19,30H,2-7,27H2,1H3,(H,28,31,32). The van der Waals surface area contributed by atoms with Crippen molar-refractivity contribution < 1.29 is 18.7 Å². The molecule has 0 spiro atoms. The number of anilines is 3. The first-order valence-corrected chi connectivity index (χ1v) is 11.7. The monoisotopic (exact) mass is 463 g/mol. The van der Waals surface area contributed by atoms with E-state index in [2.05, 4.69) is 20.6 Å². The van der Waals surface area contributed by atoms with Crippen LogP contribution in [0.25, 0.3) is 21.9 Å². The summed E-state index contributed by atoms with van der Waals surface area (Å²) in [5.74, 6) is 0.262. The van der Waals surface area contributed by atoms with Crippen LogP contribution in [0.2, 0.25) is 0 Å². The summed E-state index contributed by atoms with van der Waals surface area (Å²) in [7, 11) is 0. The molecule has 4 N–H and O–H groups in total. The molecule has 6 rings (SSSR count). The quantitative estimate of drug-likeness (QED) is 0.482. The van der Waals surface area contributed by atoms with E-state index in [1.54, 1.807) is 18.3 Å². The smallest absolute Gasteiger partial charge is 0.413 e. The number of nitrogens with two attached hydrogens (primary N) is 1. The molecule has 0 bridgehead atoms. The Morgan fingerprint density at radius 1 is 1.18 bits per heavy atom. The van der Waals surface area contributed by atoms with Crippen LogP contribution in [0, 0.1) is 12.7 Å². The fraction of sp³-hybridized carbons (Fsp3) is 0.400. The summed E-state index contributed by atoms with van der Waals surface area (Å²) in [5, 5.41) is 7.36. The SMILES string of the molecule is Cc1c(-c2cc3cc(NC(=O)OC4CCOCC4)ncc3c(N)c2F)cnc2c1NC1CCC21. The third-order valence-corrected chi connectivity index (χ3v) is 7.28. The molecule has 1 saturated carbocycles. The van der Waals surface area contributed by atoms with Gasteiger partial charge in [0.05, 0.1) is 30.3 Å². The van der Waals surface area contributed by atoms with Crippen molar-refractivity contribution in [2.75, 3.05) is 29.6 Å². The zero-order valence-electron chi connectivity index (χ0n) is 18.9. The number of fused-ring (bicyclic) bond motifs is 4. The fourth-order valence-electron chi connectivity index (χ4n) is 5.18. The topological polar surface area (TPSA) is 111 Å². The number of rotatable bonds is 3. The molecule has 1 aliphatic carbocycles. The van der Waals surface area contributed by atoms with Gasteiger partial charge in [0.1, 0.15) is 11.9 Å². The second kappa shape index (κ2) is 8.09. The minimum Gasteiger partial charge on any atom is -0.446 e. The summed E-state index contributed by atoms with van der Waals surface area (Å²) in [6.07, 6.45) is 6.06. The van der Waals surface area contributed by atoms with Gasteiger partial charge in [0.25, 0.3) is 0 Å². The largest absolute Gasteiger partial charge is 0.446 e. The van der Waals surface area contributed by atoms with E-state index in [1.807, 2.05) is 6.92 Å². The third kappa shape index (κ3) is 3.42. The van der Waals surface area contributed by atoms with Gasteiger partial charge in [0, 0.05) is 53.7 Å². The first-order valence-electron chi connectivity index (χ1n) is 11.7. The summed E-state index contributed by atoms with van der Waals surface area (Å²) in [6, 6.07) is 3.84. The lowest BCUT2D eigenvalue weighted by Gasteiger charge is -2.29. The van der Waals surface area contributed by atoms with Crippen molar-refractivity contribution in [3.05, 3.63) is 41.6 Å². The molecule has 4 heterocycles. The molecule has 3 aliphatic rings. The number of pyridine rings is 2. The second-order valence-corrected chi connectivity index (χ2v) is 9.28. The van der Waals surface area contributed by atoms with E-state index in [0.29, 0.717) is 65.7 Å². The van der Waals surface area contributed by atoms with Crippen molar-refractivity contribution in [3.63, 3.8) is 0 Å². The Morgan fingerprint density at radius 3 is 2.76 bits per heavy atom. The fourth-order valence-corrected chi connectivity index (χ4v) is 5.18. The zero-order chi connectivity index (χ0) is 23.4. The van der Waals surface area contributed by atoms with E-state index >= 15 is 4.39 Å². The van der Waals surface area contributed by atoms with Crippen LogP contribution >= 0.6 is 0 Å². The van der Waals surface area contributed by atoms with Crippen LogP contribution in [-0.4, -0.2) is 41.4 Å². The molecule has 1 aromatic carbocycles. The number of nitrogens with zero attached hydrogens (tertiary/aromatic N) is 2. The Hall–Kier alpha value is -3.46. The Labute approximate surface area is 196 Å². The predicted molar refractivity (Wildman–Crippen MR) is 127 cm³/mol. The molecule has 9 heteroatoms. The normalized spacial score (nSPS) is 21.4. The van der Waals surface area contributed by atoms with Crippen molar-refractivity contribution in [1.82, 2.24) is 9.97 Å². The average Bonchev–Trinajstić information content (AvgIpc) is 3.07. The van der Waals surface area contributed by atoms with Gasteiger partial charge in [-0.15, -0.1) is 0 Å². The van der Waals surface area contributed by atoms with E-state index in [9.17, 15) is 4.79 Å². The van der Waals surface area contributed by atoms with Crippen LogP contribution in [0.1, 0.15) is 42.9 Å². The van der Waals surface area contributed by atoms with Gasteiger partial charge in [0.15, 0.2) is 5.82 Å². The predicted octanol–water partition coefficient (Wildman–Crippen LogP) is 4.73. The maximum Gasteiger partial charge on any atom is 0.413 e. The summed E-state index contributed by atoms with van der Waals surface area (Å²) >= 11 is 0. The summed E-state index contributed by atoms with van der Waals surface area (Å²) < 4.78 is 26.1. The highest BCUT2D eigenvalue weighted by atomic mass is 19.1. The molecule has 1 saturated heterocycles. The molecule has 2 aliphatic heterocycles. The van der Waals surface area contributed by atoms with Gasteiger partial charge in [-0.1, -0.05) is 0 Å². The molecule has 2 atom stereocenters. The average molecular weight is 464 g/mol. The van der Waals surface area contributed by atoms with Gasteiger partial charge in [-0.3, -0.25) is 10.3 Å². The molecular formula is C25H26FN5O3. The van der Waals surface area contributed by atoms with Gasteiger partial charge < -0.3 is 20.5 Å². The Balaban J connectivity index is 1.32. The number of amides is 1. The number of nitrogens with one attached hydrogen (secondary N) is 2. The lowest BCUT2D eigenvalue weighted by molar-refractivity contribution is 0.00590. The summed E-state index contributed by atoms with van der Waals surface area (Å²) in [6.45, 7) is 3.14. The highest BCUT2D eigenvalue weighted by molar-refractivity contribution is 5.99. The number of benzene rings is 1. The first-order chi connectivity index (χ1) is 16.5. The molecule has 2 fully saturated rings. The van der Waals surface area contributed by atoms with Crippen LogP contribution in [0.4, 0.5) is 26.4 Å². The van der Waals surface area contributed by atoms with Crippen molar-refractivity contribution in [3.8, 4) is 11.1 Å². The molecule has 34 heavy (non-hydrogen) atoms. The highest BCUT2D eigenvalue weighted by Crippen LogP contribution is 2.49. The number of aromatic nitrogens is 2. The number of carbonyl (C=O) groups excluding carboxylic acids is 1. The number of hydrogen-bond acceptors (Lipinski definition) is 7. The van der Waals surface area contributed by atoms with Gasteiger partial charge in [0.2, 0.25) is 0 Å². The number of carbonyl (C=O) groups is 1. The number of halogens is 1. The number of hydrogen-bond donors (Lipinski definition) is 3. The molecule has 2 unspecified atom stereocenters. The molecule has 1 amide bonds. The van der Waals surface area contributed by atoms with E-state index in [1.165, 1.54) is 6.20 Å². The van der Waals surface area contributed by atoms with E-state index < -0.39 is 11.9 Å². The molecular weight excluding hydrogens is 437 g/mol. The molecule has 0 radical (unpaired) electrons. The lowest BCUT2D eigenvalue weighted by Crippen LogP contribution is -2.30. The van der Waals surface area contributed by atoms with Crippen LogP contribution in [0.5, 0.6) is 0 Å². The second-order valence-electron chi connectivity index (χ2n) is 9.28. The maximum atomic E-state index is 15.4. The van der Waals surface area contributed by atoms with E-state index in [0.717, 1.165) is 29.8 Å². The minimum atomic E-state index is -0.576. The molecule has 3 aromatic rings. The zero-order valence-corrected chi connectivity index (χ0v) is 18.9. The van der Waals surface area contributed by atoms with Crippen LogP contribution in [0.15, 0.2) is 24.5 Å². The third-order valence-electron chi connectivity index (χ3n) is 7.28. The van der Waals surface area contributed by atoms with Crippen LogP contribution < -0.4 is 16.4 Å². The van der Waals surface area contributed by atoms with Crippen LogP contribution in [-0.2, 0) is 9.47 Å². The number of nitrogen functional groups attached to an aromatic ring is 1. The Morgan fingerprint density at radius 2 is 2.00 bits per heavy atom. The Bertz CT molecular complexity index is 1310. The van der Waals surface area contributed by atoms with E-state index in [-0.39, 0.29) is 11.8 Å². The first kappa shape index (κ1) is 21.1. The number of ether oxygens (including phenoxy) is 2. The summed E-state index contributed by atoms with van der Waals surface area (Å²) in [5.41, 5.74) is 10.3. The Kier molecular flexibility index (Phi) is 5.02. The highest BCUT2D eigenvalue weighted by Gasteiger charge is 2.41. The molecule has 2 aromatic heterocycles. The van der Waals surface area contributed by atoms with Crippen molar-refractivity contribution in [2.24, 2.45) is 0 Å². The van der Waals surface area contributed by atoms with Gasteiger partial charge in [-0.05, 0) is 42.8 Å². The van der Waals surface area contributed by atoms with Crippen molar-refractivity contribution in [2.45, 2.75) is 50.7 Å². The minimum absolute atomic E-state index is 0.0178. The van der Waals surface area contributed by atoms with Gasteiger partial charge in [-0.2, -0.15) is 0 Å². The van der Waals surface area contributed by atoms with Gasteiger partial charge >= 0.3 is 6.09 Å². The lowest BCUT2D eigenvalue weighted by atomic mass is 9.80. The van der Waals surface area contributed by atoms with Crippen LogP contribution in [0.3, 0.4) is 0 Å². The van der Waals surface area contributed by atoms with Gasteiger partial charge in [-0.25, -0.2) is 14.2 Å². The van der Waals surface area contributed by atoms with Crippen molar-refractivity contribution >= 4 is 34.1 Å². The maximum absolute atomic E-state index is 15.4.